The van der Waals surface area contributed by atoms with Gasteiger partial charge in [0.2, 0.25) is 0 Å². The van der Waals surface area contributed by atoms with Crippen LogP contribution in [0.4, 0.5) is 0 Å². The van der Waals surface area contributed by atoms with Crippen LogP contribution in [0.25, 0.3) is 0 Å². The van der Waals surface area contributed by atoms with Gasteiger partial charge in [0, 0.05) is 0 Å². The Kier molecular flexibility index (Phi) is 3.50. The van der Waals surface area contributed by atoms with Crippen molar-refractivity contribution in [2.75, 3.05) is 7.11 Å². The van der Waals surface area contributed by atoms with Crippen LogP contribution in [0.15, 0.2) is 24.3 Å². The second-order valence-electron chi connectivity index (χ2n) is 2.42. The minimum absolute atomic E-state index is 0.132. The van der Waals surface area contributed by atoms with Gasteiger partial charge in [0.1, 0.15) is 7.32 Å². The van der Waals surface area contributed by atoms with Gasteiger partial charge < -0.3 is 19.4 Å². The van der Waals surface area contributed by atoms with E-state index in [9.17, 15) is 14.8 Å². The van der Waals surface area contributed by atoms with Crippen molar-refractivity contribution >= 4 is 13.3 Å². The quantitative estimate of drug-likeness (QED) is 0.434. The highest BCUT2D eigenvalue weighted by atomic mass is 16.6. The third-order valence-electron chi connectivity index (χ3n) is 1.51. The highest BCUT2D eigenvalue weighted by molar-refractivity contribution is 6.29. The molecule has 6 heteroatoms. The molecule has 0 atom stereocenters. The standard InChI is InChI=1S/C8H7BO5/c1-13-8(10)6-2-4-7(5-3-6)14-9(11)12/h2-5H,1H3/q-2. The summed E-state index contributed by atoms with van der Waals surface area (Å²) in [5.41, 5.74) is 0.327. The maximum atomic E-state index is 11.0. The van der Waals surface area contributed by atoms with Gasteiger partial charge in [0.05, 0.1) is 18.4 Å². The summed E-state index contributed by atoms with van der Waals surface area (Å²) in [5.74, 6) is -0.356. The number of esters is 1. The Balaban J connectivity index is 2.73. The lowest BCUT2D eigenvalue weighted by atomic mass is 10.2. The lowest BCUT2D eigenvalue weighted by Gasteiger charge is -2.26. The first-order valence-electron chi connectivity index (χ1n) is 3.80. The van der Waals surface area contributed by atoms with Gasteiger partial charge in [-0.1, -0.05) is 0 Å². The zero-order valence-electron chi connectivity index (χ0n) is 7.43. The van der Waals surface area contributed by atoms with Crippen LogP contribution in [-0.2, 0) is 4.74 Å². The molecular weight excluding hydrogens is 187 g/mol. The molecule has 0 amide bonds. The first kappa shape index (κ1) is 10.6. The summed E-state index contributed by atoms with van der Waals surface area (Å²) in [4.78, 5) is 11.0. The van der Waals surface area contributed by atoms with E-state index in [1.807, 2.05) is 0 Å². The first-order valence-corrected chi connectivity index (χ1v) is 3.80. The van der Waals surface area contributed by atoms with Gasteiger partial charge >= 0.3 is 5.97 Å². The van der Waals surface area contributed by atoms with Gasteiger partial charge in [0.15, 0.2) is 0 Å². The molecule has 0 aliphatic heterocycles. The molecule has 0 aromatic heterocycles. The van der Waals surface area contributed by atoms with Crippen molar-refractivity contribution in [2.24, 2.45) is 0 Å². The molecule has 0 bridgehead atoms. The lowest BCUT2D eigenvalue weighted by Crippen LogP contribution is -2.50. The van der Waals surface area contributed by atoms with Gasteiger partial charge in [-0.25, -0.2) is 4.79 Å². The maximum absolute atomic E-state index is 11.0. The van der Waals surface area contributed by atoms with E-state index >= 15 is 0 Å². The Bertz CT molecular complexity index is 308. The monoisotopic (exact) mass is 194 g/mol. The normalized spacial score (nSPS) is 9.36. The van der Waals surface area contributed by atoms with Gasteiger partial charge in [-0.05, 0) is 24.3 Å². The Labute approximate surface area is 81.1 Å². The number of carbonyl (C=O) groups excluding carboxylic acids is 1. The summed E-state index contributed by atoms with van der Waals surface area (Å²) in [6, 6.07) is 5.52. The van der Waals surface area contributed by atoms with E-state index in [1.165, 1.54) is 31.4 Å². The molecule has 1 aromatic rings. The van der Waals surface area contributed by atoms with Crippen molar-refractivity contribution in [3.63, 3.8) is 0 Å². The Morgan fingerprint density at radius 1 is 1.29 bits per heavy atom. The SMILES string of the molecule is COC(=O)c1ccc(OB([O-])[O-])cc1. The first-order chi connectivity index (χ1) is 6.63. The molecule has 1 rings (SSSR count). The zero-order valence-corrected chi connectivity index (χ0v) is 7.43. The topological polar surface area (TPSA) is 81.7 Å². The third kappa shape index (κ3) is 2.76. The van der Waals surface area contributed by atoms with E-state index < -0.39 is 13.3 Å². The summed E-state index contributed by atoms with van der Waals surface area (Å²) < 4.78 is 8.77. The number of carbonyl (C=O) groups is 1. The lowest BCUT2D eigenvalue weighted by molar-refractivity contribution is -0.372. The van der Waals surface area contributed by atoms with E-state index in [0.29, 0.717) is 5.56 Å². The number of ether oxygens (including phenoxy) is 1. The summed E-state index contributed by atoms with van der Waals surface area (Å²) >= 11 is 0. The molecule has 74 valence electrons. The molecule has 0 aliphatic carbocycles. The van der Waals surface area contributed by atoms with Crippen LogP contribution in [0.1, 0.15) is 10.4 Å². The van der Waals surface area contributed by atoms with Crippen LogP contribution in [0.3, 0.4) is 0 Å². The fraction of sp³-hybridized carbons (Fsp3) is 0.125. The smallest absolute Gasteiger partial charge is 0.337 e. The highest BCUT2D eigenvalue weighted by Crippen LogP contribution is 2.12. The fourth-order valence-corrected chi connectivity index (χ4v) is 0.899. The molecule has 0 saturated carbocycles. The summed E-state index contributed by atoms with van der Waals surface area (Å²) in [6.07, 6.45) is 0. The van der Waals surface area contributed by atoms with Gasteiger partial charge in [0.25, 0.3) is 0 Å². The molecule has 0 saturated heterocycles. The Morgan fingerprint density at radius 3 is 2.29 bits per heavy atom. The van der Waals surface area contributed by atoms with Gasteiger partial charge in [-0.3, -0.25) is 0 Å². The number of methoxy groups -OCH3 is 1. The third-order valence-corrected chi connectivity index (χ3v) is 1.51. The van der Waals surface area contributed by atoms with Gasteiger partial charge in [-0.15, -0.1) is 0 Å². The number of rotatable bonds is 3. The molecular formula is C8H7BO5-2. The molecule has 0 radical (unpaired) electrons. The number of benzene rings is 1. The van der Waals surface area contributed by atoms with Gasteiger partial charge in [-0.2, -0.15) is 0 Å². The molecule has 0 heterocycles. The molecule has 0 spiro atoms. The predicted octanol–water partition coefficient (Wildman–Crippen LogP) is -1.44. The van der Waals surface area contributed by atoms with Crippen LogP contribution >= 0.6 is 0 Å². The van der Waals surface area contributed by atoms with Crippen LogP contribution in [-0.4, -0.2) is 20.4 Å². The van der Waals surface area contributed by atoms with Crippen molar-refractivity contribution in [3.05, 3.63) is 29.8 Å². The van der Waals surface area contributed by atoms with E-state index in [4.69, 9.17) is 0 Å². The van der Waals surface area contributed by atoms with Crippen LogP contribution in [0.2, 0.25) is 0 Å². The number of hydrogen-bond acceptors (Lipinski definition) is 5. The fourth-order valence-electron chi connectivity index (χ4n) is 0.899. The van der Waals surface area contributed by atoms with Crippen molar-refractivity contribution < 1.29 is 24.2 Å². The van der Waals surface area contributed by atoms with Crippen molar-refractivity contribution in [1.29, 1.82) is 0 Å². The molecule has 14 heavy (non-hydrogen) atoms. The maximum Gasteiger partial charge on any atom is 0.337 e. The minimum atomic E-state index is -2.36. The van der Waals surface area contributed by atoms with E-state index in [0.717, 1.165) is 0 Å². The summed E-state index contributed by atoms with van der Waals surface area (Å²) in [5, 5.41) is 20.2. The van der Waals surface area contributed by atoms with E-state index in [1.54, 1.807) is 0 Å². The Morgan fingerprint density at radius 2 is 1.86 bits per heavy atom. The van der Waals surface area contributed by atoms with Crippen LogP contribution in [0, 0.1) is 0 Å². The summed E-state index contributed by atoms with van der Waals surface area (Å²) in [6.45, 7) is 0. The van der Waals surface area contributed by atoms with Crippen molar-refractivity contribution in [3.8, 4) is 5.75 Å². The minimum Gasteiger partial charge on any atom is -0.860 e. The molecule has 0 N–H and O–H groups in total. The average Bonchev–Trinajstić information content (AvgIpc) is 2.17. The molecule has 5 nitrogen and oxygen atoms in total. The highest BCUT2D eigenvalue weighted by Gasteiger charge is 2.03. The van der Waals surface area contributed by atoms with E-state index in [2.05, 4.69) is 9.39 Å². The second-order valence-corrected chi connectivity index (χ2v) is 2.42. The predicted molar refractivity (Wildman–Crippen MR) is 44.2 cm³/mol. The summed E-state index contributed by atoms with van der Waals surface area (Å²) in [7, 11) is -1.10. The second kappa shape index (κ2) is 4.64. The van der Waals surface area contributed by atoms with Crippen molar-refractivity contribution in [1.82, 2.24) is 0 Å². The van der Waals surface area contributed by atoms with Crippen molar-refractivity contribution in [2.45, 2.75) is 0 Å². The van der Waals surface area contributed by atoms with Crippen LogP contribution < -0.4 is 14.7 Å². The molecule has 0 fully saturated rings. The van der Waals surface area contributed by atoms with E-state index in [-0.39, 0.29) is 5.75 Å². The molecule has 0 unspecified atom stereocenters. The molecule has 1 aromatic carbocycles. The van der Waals surface area contributed by atoms with Crippen LogP contribution in [0.5, 0.6) is 5.75 Å². The average molecular weight is 194 g/mol. The zero-order chi connectivity index (χ0) is 10.6. The molecule has 0 aliphatic rings. The largest absolute Gasteiger partial charge is 0.860 e. The Hall–Kier alpha value is -1.53. The number of hydrogen-bond donors (Lipinski definition) is 0.